The second-order valence-electron chi connectivity index (χ2n) is 4.02. The van der Waals surface area contributed by atoms with Crippen LogP contribution in [0.15, 0.2) is 36.4 Å². The summed E-state index contributed by atoms with van der Waals surface area (Å²) in [6, 6.07) is 8.16. The Morgan fingerprint density at radius 1 is 1.10 bits per heavy atom. The predicted molar refractivity (Wildman–Crippen MR) is 77.0 cm³/mol. The van der Waals surface area contributed by atoms with E-state index in [-0.39, 0.29) is 5.02 Å². The van der Waals surface area contributed by atoms with E-state index < -0.39 is 27.8 Å². The van der Waals surface area contributed by atoms with Gasteiger partial charge in [0.1, 0.15) is 0 Å². The first kappa shape index (κ1) is 15.1. The maximum absolute atomic E-state index is 12.0. The van der Waals surface area contributed by atoms with Gasteiger partial charge in [-0.3, -0.25) is 14.9 Å². The summed E-state index contributed by atoms with van der Waals surface area (Å²) in [5.41, 5.74) is -0.751. The van der Waals surface area contributed by atoms with Crippen molar-refractivity contribution in [3.05, 3.63) is 62.1 Å². The molecule has 8 heteroatoms. The number of nitro groups is 1. The third-order valence-corrected chi connectivity index (χ3v) is 3.05. The van der Waals surface area contributed by atoms with Crippen molar-refractivity contribution in [3.8, 4) is 5.75 Å². The van der Waals surface area contributed by atoms with E-state index in [1.807, 2.05) is 0 Å². The summed E-state index contributed by atoms with van der Waals surface area (Å²) < 4.78 is 0. The molecule has 0 aromatic heterocycles. The number of carbonyl (C=O) groups excluding carboxylic acids is 1. The zero-order valence-electron chi connectivity index (χ0n) is 10.3. The van der Waals surface area contributed by atoms with Gasteiger partial charge in [-0.1, -0.05) is 23.2 Å². The summed E-state index contributed by atoms with van der Waals surface area (Å²) >= 11 is 11.4. The number of carbonyl (C=O) groups is 1. The highest BCUT2D eigenvalue weighted by Gasteiger charge is 2.17. The molecule has 0 spiro atoms. The number of nitrogens with zero attached hydrogens (tertiary/aromatic N) is 1. The molecular weight excluding hydrogens is 319 g/mol. The Morgan fingerprint density at radius 2 is 1.71 bits per heavy atom. The van der Waals surface area contributed by atoms with E-state index in [9.17, 15) is 20.0 Å². The fourth-order valence-corrected chi connectivity index (χ4v) is 1.95. The average Bonchev–Trinajstić information content (AvgIpc) is 2.43. The van der Waals surface area contributed by atoms with Crippen LogP contribution in [-0.2, 0) is 0 Å². The molecule has 0 saturated heterocycles. The number of nitrogens with one attached hydrogen (secondary N) is 1. The van der Waals surface area contributed by atoms with E-state index in [0.717, 1.165) is 12.1 Å². The predicted octanol–water partition coefficient (Wildman–Crippen LogP) is 3.23. The Bertz CT molecular complexity index is 717. The number of hydrogen-bond donors (Lipinski definition) is 1. The molecule has 0 radical (unpaired) electrons. The van der Waals surface area contributed by atoms with Crippen LogP contribution in [0.25, 0.3) is 0 Å². The van der Waals surface area contributed by atoms with Crippen molar-refractivity contribution >= 4 is 40.5 Å². The minimum atomic E-state index is -0.990. The first-order chi connectivity index (χ1) is 9.88. The van der Waals surface area contributed by atoms with Crippen molar-refractivity contribution in [2.45, 2.75) is 0 Å². The lowest BCUT2D eigenvalue weighted by Gasteiger charge is -2.14. The maximum atomic E-state index is 12.0. The normalized spacial score (nSPS) is 10.2. The molecule has 108 valence electrons. The monoisotopic (exact) mass is 325 g/mol. The second-order valence-corrected chi connectivity index (χ2v) is 4.89. The molecular formula is C13H7Cl2N2O4-. The number of benzene rings is 2. The summed E-state index contributed by atoms with van der Waals surface area (Å²) in [6.45, 7) is 0. The minimum Gasteiger partial charge on any atom is -0.867 e. The maximum Gasteiger partial charge on any atom is 0.264 e. The van der Waals surface area contributed by atoms with Crippen molar-refractivity contribution in [1.29, 1.82) is 0 Å². The molecule has 0 aliphatic heterocycles. The van der Waals surface area contributed by atoms with Gasteiger partial charge in [0.15, 0.2) is 0 Å². The number of anilines is 1. The van der Waals surface area contributed by atoms with Gasteiger partial charge in [0.05, 0.1) is 4.92 Å². The molecule has 21 heavy (non-hydrogen) atoms. The average molecular weight is 326 g/mol. The van der Waals surface area contributed by atoms with Gasteiger partial charge in [-0.25, -0.2) is 0 Å². The van der Waals surface area contributed by atoms with Gasteiger partial charge in [-0.2, -0.15) is 0 Å². The van der Waals surface area contributed by atoms with Crippen LogP contribution < -0.4 is 10.4 Å². The Labute approximate surface area is 129 Å². The smallest absolute Gasteiger partial charge is 0.264 e. The highest BCUT2D eigenvalue weighted by Crippen LogP contribution is 2.31. The Hall–Kier alpha value is -2.31. The summed E-state index contributed by atoms with van der Waals surface area (Å²) in [4.78, 5) is 21.9. The third kappa shape index (κ3) is 3.42. The fraction of sp³-hybridized carbons (Fsp3) is 0. The van der Waals surface area contributed by atoms with Crippen LogP contribution in [-0.4, -0.2) is 10.8 Å². The lowest BCUT2D eigenvalue weighted by atomic mass is 10.1. The molecule has 0 aliphatic carbocycles. The Balaban J connectivity index is 2.35. The fourth-order valence-electron chi connectivity index (χ4n) is 1.62. The van der Waals surface area contributed by atoms with Crippen LogP contribution in [0, 0.1) is 10.1 Å². The molecule has 2 aromatic carbocycles. The summed E-state index contributed by atoms with van der Waals surface area (Å²) in [7, 11) is 0. The van der Waals surface area contributed by atoms with E-state index in [4.69, 9.17) is 23.2 Å². The van der Waals surface area contributed by atoms with Crippen LogP contribution in [0.5, 0.6) is 5.75 Å². The molecule has 1 N–H and O–H groups in total. The van der Waals surface area contributed by atoms with Crippen LogP contribution in [0.4, 0.5) is 11.4 Å². The van der Waals surface area contributed by atoms with E-state index >= 15 is 0 Å². The number of nitro benzene ring substituents is 1. The summed E-state index contributed by atoms with van der Waals surface area (Å²) in [5.74, 6) is -1.77. The molecule has 0 aliphatic rings. The quantitative estimate of drug-likeness (QED) is 0.692. The van der Waals surface area contributed by atoms with Crippen molar-refractivity contribution in [2.75, 3.05) is 5.32 Å². The molecule has 1 amide bonds. The molecule has 0 atom stereocenters. The van der Waals surface area contributed by atoms with E-state index in [0.29, 0.717) is 10.7 Å². The zero-order valence-corrected chi connectivity index (χ0v) is 11.8. The van der Waals surface area contributed by atoms with Crippen molar-refractivity contribution < 1.29 is 14.8 Å². The second kappa shape index (κ2) is 5.99. The van der Waals surface area contributed by atoms with E-state index in [1.54, 1.807) is 12.1 Å². The van der Waals surface area contributed by atoms with Gasteiger partial charge < -0.3 is 10.4 Å². The number of halogens is 2. The highest BCUT2D eigenvalue weighted by molar-refractivity contribution is 6.31. The lowest BCUT2D eigenvalue weighted by molar-refractivity contribution is -0.398. The number of amides is 1. The van der Waals surface area contributed by atoms with Crippen LogP contribution in [0.1, 0.15) is 10.4 Å². The van der Waals surface area contributed by atoms with Crippen molar-refractivity contribution in [1.82, 2.24) is 0 Å². The highest BCUT2D eigenvalue weighted by atomic mass is 35.5. The number of hydrogen-bond acceptors (Lipinski definition) is 4. The SMILES string of the molecule is O=C(Nc1ccc(Cl)cc1)c1cc(Cl)cc([N+](=O)[O-])c1[O-]. The van der Waals surface area contributed by atoms with Crippen molar-refractivity contribution in [2.24, 2.45) is 0 Å². The van der Waals surface area contributed by atoms with Crippen LogP contribution in [0.2, 0.25) is 10.0 Å². The molecule has 2 aromatic rings. The molecule has 0 unspecified atom stereocenters. The topological polar surface area (TPSA) is 95.3 Å². The van der Waals surface area contributed by atoms with Gasteiger partial charge in [0.25, 0.3) is 11.6 Å². The van der Waals surface area contributed by atoms with Gasteiger partial charge in [-0.15, -0.1) is 0 Å². The third-order valence-electron chi connectivity index (χ3n) is 2.58. The first-order valence-electron chi connectivity index (χ1n) is 5.60. The van der Waals surface area contributed by atoms with Crippen LogP contribution in [0.3, 0.4) is 0 Å². The van der Waals surface area contributed by atoms with E-state index in [1.165, 1.54) is 12.1 Å². The van der Waals surface area contributed by atoms with Crippen molar-refractivity contribution in [3.63, 3.8) is 0 Å². The minimum absolute atomic E-state index is 0.0671. The standard InChI is InChI=1S/C13H8Cl2N2O4/c14-7-1-3-9(4-2-7)16-13(19)10-5-8(15)6-11(12(10)18)17(20)21/h1-6,18H,(H,16,19)/p-1. The van der Waals surface area contributed by atoms with Gasteiger partial charge in [-0.05, 0) is 36.1 Å². The lowest BCUT2D eigenvalue weighted by Crippen LogP contribution is -2.15. The van der Waals surface area contributed by atoms with Gasteiger partial charge in [0.2, 0.25) is 0 Å². The molecule has 6 nitrogen and oxygen atoms in total. The number of rotatable bonds is 3. The zero-order chi connectivity index (χ0) is 15.6. The molecule has 0 heterocycles. The van der Waals surface area contributed by atoms with Crippen LogP contribution >= 0.6 is 23.2 Å². The summed E-state index contributed by atoms with van der Waals surface area (Å²) in [6.07, 6.45) is 0. The largest absolute Gasteiger partial charge is 0.867 e. The van der Waals surface area contributed by atoms with Gasteiger partial charge >= 0.3 is 0 Å². The van der Waals surface area contributed by atoms with Gasteiger partial charge in [0, 0.05) is 27.4 Å². The Morgan fingerprint density at radius 3 is 2.29 bits per heavy atom. The first-order valence-corrected chi connectivity index (χ1v) is 6.36. The molecule has 0 saturated carbocycles. The van der Waals surface area contributed by atoms with E-state index in [2.05, 4.69) is 5.32 Å². The summed E-state index contributed by atoms with van der Waals surface area (Å²) in [5, 5.41) is 25.5. The molecule has 0 fully saturated rings. The molecule has 2 rings (SSSR count). The molecule has 0 bridgehead atoms. The Kier molecular flexibility index (Phi) is 4.30.